The Kier molecular flexibility index (Phi) is 5.21. The molecule has 134 valence electrons. The number of ether oxygens (including phenoxy) is 1. The zero-order valence-corrected chi connectivity index (χ0v) is 14.9. The van der Waals surface area contributed by atoms with Crippen LogP contribution in [0.4, 0.5) is 10.5 Å². The van der Waals surface area contributed by atoms with Crippen molar-refractivity contribution in [3.8, 4) is 5.75 Å². The predicted octanol–water partition coefficient (Wildman–Crippen LogP) is 3.58. The van der Waals surface area contributed by atoms with Gasteiger partial charge in [0.25, 0.3) is 0 Å². The summed E-state index contributed by atoms with van der Waals surface area (Å²) in [6.07, 6.45) is 1.89. The maximum atomic E-state index is 12.7. The highest BCUT2D eigenvalue weighted by Crippen LogP contribution is 2.28. The number of carbonyl (C=O) groups is 1. The van der Waals surface area contributed by atoms with E-state index >= 15 is 0 Å². The van der Waals surface area contributed by atoms with Crippen LogP contribution in [0.1, 0.15) is 44.3 Å². The third-order valence-corrected chi connectivity index (χ3v) is 4.09. The molecule has 1 aromatic heterocycles. The standard InChI is InChI=1S/C18H24N4O3/c1-12(2)24-16-9-5-4-8-15(16)20-18(23)22-10-6-7-14(11-22)17-19-13(3)21-25-17/h4-5,8-9,12,14H,6-7,10-11H2,1-3H3,(H,20,23)/t14-/m0/s1. The predicted molar refractivity (Wildman–Crippen MR) is 93.8 cm³/mol. The van der Waals surface area contributed by atoms with Gasteiger partial charge in [-0.15, -0.1) is 0 Å². The van der Waals surface area contributed by atoms with Crippen LogP contribution < -0.4 is 10.1 Å². The zero-order chi connectivity index (χ0) is 17.8. The first-order valence-electron chi connectivity index (χ1n) is 8.64. The highest BCUT2D eigenvalue weighted by atomic mass is 16.5. The van der Waals surface area contributed by atoms with Crippen molar-refractivity contribution in [1.29, 1.82) is 0 Å². The molecular formula is C18H24N4O3. The topological polar surface area (TPSA) is 80.5 Å². The van der Waals surface area contributed by atoms with Crippen molar-refractivity contribution in [2.45, 2.75) is 45.6 Å². The fourth-order valence-corrected chi connectivity index (χ4v) is 2.96. The molecule has 0 bridgehead atoms. The minimum atomic E-state index is -0.138. The van der Waals surface area contributed by atoms with Crippen LogP contribution in [0.5, 0.6) is 5.75 Å². The molecule has 7 heteroatoms. The fraction of sp³-hybridized carbons (Fsp3) is 0.500. The van der Waals surface area contributed by atoms with Gasteiger partial charge < -0.3 is 19.5 Å². The van der Waals surface area contributed by atoms with Crippen LogP contribution in [0.15, 0.2) is 28.8 Å². The average Bonchev–Trinajstić information content (AvgIpc) is 3.03. The van der Waals surface area contributed by atoms with E-state index in [0.717, 1.165) is 12.8 Å². The molecule has 0 spiro atoms. The Hall–Kier alpha value is -2.57. The van der Waals surface area contributed by atoms with E-state index in [1.165, 1.54) is 0 Å². The fourth-order valence-electron chi connectivity index (χ4n) is 2.96. The number of para-hydroxylation sites is 2. The van der Waals surface area contributed by atoms with Crippen molar-refractivity contribution in [3.05, 3.63) is 36.0 Å². The molecule has 1 fully saturated rings. The number of hydrogen-bond donors (Lipinski definition) is 1. The molecule has 2 aromatic rings. The number of nitrogens with zero attached hydrogens (tertiary/aromatic N) is 3. The molecule has 1 aliphatic heterocycles. The molecule has 3 rings (SSSR count). The van der Waals surface area contributed by atoms with E-state index in [4.69, 9.17) is 9.26 Å². The molecule has 0 unspecified atom stereocenters. The zero-order valence-electron chi connectivity index (χ0n) is 14.9. The first-order valence-corrected chi connectivity index (χ1v) is 8.64. The molecule has 1 atom stereocenters. The number of rotatable bonds is 4. The number of hydrogen-bond acceptors (Lipinski definition) is 5. The second-order valence-corrected chi connectivity index (χ2v) is 6.56. The molecule has 1 N–H and O–H groups in total. The largest absolute Gasteiger partial charge is 0.489 e. The molecule has 25 heavy (non-hydrogen) atoms. The quantitative estimate of drug-likeness (QED) is 0.917. The van der Waals surface area contributed by atoms with Gasteiger partial charge in [-0.1, -0.05) is 17.3 Å². The molecule has 2 heterocycles. The van der Waals surface area contributed by atoms with E-state index < -0.39 is 0 Å². The van der Waals surface area contributed by atoms with Gasteiger partial charge in [0.2, 0.25) is 5.89 Å². The Labute approximate surface area is 147 Å². The molecular weight excluding hydrogens is 320 g/mol. The Morgan fingerprint density at radius 1 is 1.40 bits per heavy atom. The summed E-state index contributed by atoms with van der Waals surface area (Å²) in [5.41, 5.74) is 0.678. The van der Waals surface area contributed by atoms with E-state index in [-0.39, 0.29) is 18.1 Å². The lowest BCUT2D eigenvalue weighted by atomic mass is 9.98. The van der Waals surface area contributed by atoms with Crippen molar-refractivity contribution in [1.82, 2.24) is 15.0 Å². The van der Waals surface area contributed by atoms with Crippen molar-refractivity contribution >= 4 is 11.7 Å². The Morgan fingerprint density at radius 3 is 2.92 bits per heavy atom. The van der Waals surface area contributed by atoms with Crippen LogP contribution >= 0.6 is 0 Å². The number of aryl methyl sites for hydroxylation is 1. The van der Waals surface area contributed by atoms with Crippen molar-refractivity contribution in [2.75, 3.05) is 18.4 Å². The maximum Gasteiger partial charge on any atom is 0.321 e. The third-order valence-electron chi connectivity index (χ3n) is 4.09. The minimum absolute atomic E-state index is 0.0400. The lowest BCUT2D eigenvalue weighted by molar-refractivity contribution is 0.183. The summed E-state index contributed by atoms with van der Waals surface area (Å²) in [5, 5.41) is 6.81. The summed E-state index contributed by atoms with van der Waals surface area (Å²) in [5.74, 6) is 1.99. The summed E-state index contributed by atoms with van der Waals surface area (Å²) >= 11 is 0. The first-order chi connectivity index (χ1) is 12.0. The number of urea groups is 1. The highest BCUT2D eigenvalue weighted by Gasteiger charge is 2.28. The van der Waals surface area contributed by atoms with E-state index in [1.54, 1.807) is 11.8 Å². The lowest BCUT2D eigenvalue weighted by Crippen LogP contribution is -2.41. The minimum Gasteiger partial charge on any atom is -0.489 e. The van der Waals surface area contributed by atoms with Crippen LogP contribution in [0, 0.1) is 6.92 Å². The lowest BCUT2D eigenvalue weighted by Gasteiger charge is -2.31. The van der Waals surface area contributed by atoms with Gasteiger partial charge in [0, 0.05) is 13.1 Å². The molecule has 7 nitrogen and oxygen atoms in total. The van der Waals surface area contributed by atoms with Crippen molar-refractivity contribution < 1.29 is 14.1 Å². The Balaban J connectivity index is 1.67. The number of nitrogens with one attached hydrogen (secondary N) is 1. The molecule has 0 radical (unpaired) electrons. The second-order valence-electron chi connectivity index (χ2n) is 6.56. The average molecular weight is 344 g/mol. The van der Waals surface area contributed by atoms with Crippen LogP contribution in [-0.2, 0) is 0 Å². The molecule has 1 aromatic carbocycles. The maximum absolute atomic E-state index is 12.7. The summed E-state index contributed by atoms with van der Waals surface area (Å²) < 4.78 is 11.0. The number of benzene rings is 1. The number of likely N-dealkylation sites (tertiary alicyclic amines) is 1. The van der Waals surface area contributed by atoms with Gasteiger partial charge in [-0.3, -0.25) is 0 Å². The SMILES string of the molecule is Cc1noc([C@H]2CCCN(C(=O)Nc3ccccc3OC(C)C)C2)n1. The van der Waals surface area contributed by atoms with Crippen LogP contribution in [-0.4, -0.2) is 40.3 Å². The van der Waals surface area contributed by atoms with Gasteiger partial charge in [0.15, 0.2) is 5.82 Å². The Morgan fingerprint density at radius 2 is 2.20 bits per heavy atom. The molecule has 2 amide bonds. The van der Waals surface area contributed by atoms with Crippen molar-refractivity contribution in [3.63, 3.8) is 0 Å². The summed E-state index contributed by atoms with van der Waals surface area (Å²) in [6.45, 7) is 7.00. The number of anilines is 1. The van der Waals surface area contributed by atoms with Gasteiger partial charge >= 0.3 is 6.03 Å². The molecule has 1 saturated heterocycles. The second kappa shape index (κ2) is 7.55. The number of carbonyl (C=O) groups excluding carboxylic acids is 1. The smallest absolute Gasteiger partial charge is 0.321 e. The summed E-state index contributed by atoms with van der Waals surface area (Å²) in [6, 6.07) is 7.33. The number of amides is 2. The summed E-state index contributed by atoms with van der Waals surface area (Å²) in [4.78, 5) is 18.8. The van der Waals surface area contributed by atoms with E-state index in [2.05, 4.69) is 15.5 Å². The summed E-state index contributed by atoms with van der Waals surface area (Å²) in [7, 11) is 0. The van der Waals surface area contributed by atoms with Gasteiger partial charge in [0.1, 0.15) is 5.75 Å². The van der Waals surface area contributed by atoms with Gasteiger partial charge in [-0.2, -0.15) is 4.98 Å². The number of aromatic nitrogens is 2. The molecule has 0 saturated carbocycles. The highest BCUT2D eigenvalue weighted by molar-refractivity contribution is 5.91. The molecule has 0 aliphatic carbocycles. The van der Waals surface area contributed by atoms with E-state index in [9.17, 15) is 4.79 Å². The van der Waals surface area contributed by atoms with Crippen molar-refractivity contribution in [2.24, 2.45) is 0 Å². The van der Waals surface area contributed by atoms with Crippen LogP contribution in [0.25, 0.3) is 0 Å². The number of piperidine rings is 1. The normalized spacial score (nSPS) is 17.6. The molecule has 1 aliphatic rings. The van der Waals surface area contributed by atoms with Crippen LogP contribution in [0.3, 0.4) is 0 Å². The first kappa shape index (κ1) is 17.3. The van der Waals surface area contributed by atoms with E-state index in [1.807, 2.05) is 38.1 Å². The third kappa shape index (κ3) is 4.29. The van der Waals surface area contributed by atoms with E-state index in [0.29, 0.717) is 36.2 Å². The van der Waals surface area contributed by atoms with Crippen LogP contribution in [0.2, 0.25) is 0 Å². The monoisotopic (exact) mass is 344 g/mol. The van der Waals surface area contributed by atoms with Gasteiger partial charge in [0.05, 0.1) is 17.7 Å². The van der Waals surface area contributed by atoms with Gasteiger partial charge in [-0.25, -0.2) is 4.79 Å². The Bertz CT molecular complexity index is 729. The van der Waals surface area contributed by atoms with Gasteiger partial charge in [-0.05, 0) is 45.7 Å².